The molecule has 4 nitrogen and oxygen atoms in total. The Bertz CT molecular complexity index is 642. The number of nitrogens with zero attached hydrogens (tertiary/aromatic N) is 2. The van der Waals surface area contributed by atoms with Gasteiger partial charge in [-0.15, -0.1) is 0 Å². The normalized spacial score (nSPS) is 10.7. The lowest BCUT2D eigenvalue weighted by Gasteiger charge is -2.09. The molecular weight excluding hydrogens is 240 g/mol. The molecule has 0 bridgehead atoms. The van der Waals surface area contributed by atoms with E-state index in [4.69, 9.17) is 5.11 Å². The third-order valence-corrected chi connectivity index (χ3v) is 3.35. The lowest BCUT2D eigenvalue weighted by Crippen LogP contribution is -2.02. The summed E-state index contributed by atoms with van der Waals surface area (Å²) in [5.74, 6) is -0.853. The Morgan fingerprint density at radius 1 is 1.32 bits per heavy atom. The third-order valence-electron chi connectivity index (χ3n) is 3.35. The Labute approximate surface area is 112 Å². The SMILES string of the molecule is Cc1ccc(C)c(-c2c(C)c(CC(=O)O)nn2C)c1. The number of aromatic nitrogens is 2. The zero-order valence-corrected chi connectivity index (χ0v) is 11.7. The number of benzene rings is 1. The van der Waals surface area contributed by atoms with E-state index >= 15 is 0 Å². The molecule has 4 heteroatoms. The van der Waals surface area contributed by atoms with Crippen molar-refractivity contribution in [1.82, 2.24) is 9.78 Å². The van der Waals surface area contributed by atoms with Gasteiger partial charge in [-0.3, -0.25) is 9.48 Å². The lowest BCUT2D eigenvalue weighted by atomic mass is 9.99. The van der Waals surface area contributed by atoms with Gasteiger partial charge in [-0.1, -0.05) is 17.7 Å². The highest BCUT2D eigenvalue weighted by atomic mass is 16.4. The van der Waals surface area contributed by atoms with Crippen molar-refractivity contribution in [2.75, 3.05) is 0 Å². The van der Waals surface area contributed by atoms with Crippen LogP contribution in [0.25, 0.3) is 11.3 Å². The maximum absolute atomic E-state index is 10.8. The van der Waals surface area contributed by atoms with Gasteiger partial charge in [0, 0.05) is 12.6 Å². The molecule has 0 radical (unpaired) electrons. The summed E-state index contributed by atoms with van der Waals surface area (Å²) in [4.78, 5) is 10.8. The summed E-state index contributed by atoms with van der Waals surface area (Å²) in [5.41, 5.74) is 6.03. The van der Waals surface area contributed by atoms with Crippen LogP contribution >= 0.6 is 0 Å². The molecule has 0 fully saturated rings. The first-order valence-electron chi connectivity index (χ1n) is 6.22. The van der Waals surface area contributed by atoms with Gasteiger partial charge in [-0.05, 0) is 38.0 Å². The molecule has 0 aliphatic carbocycles. The molecule has 100 valence electrons. The average molecular weight is 258 g/mol. The molecule has 0 atom stereocenters. The highest BCUT2D eigenvalue weighted by molar-refractivity contribution is 5.73. The van der Waals surface area contributed by atoms with Gasteiger partial charge in [0.2, 0.25) is 0 Å². The van der Waals surface area contributed by atoms with E-state index in [-0.39, 0.29) is 6.42 Å². The van der Waals surface area contributed by atoms with Gasteiger partial charge in [0.15, 0.2) is 0 Å². The van der Waals surface area contributed by atoms with Crippen LogP contribution in [0.4, 0.5) is 0 Å². The minimum absolute atomic E-state index is 0.0372. The van der Waals surface area contributed by atoms with Crippen LogP contribution in [0.2, 0.25) is 0 Å². The molecule has 1 N–H and O–H groups in total. The third kappa shape index (κ3) is 2.52. The molecular formula is C15H18N2O2. The fourth-order valence-electron chi connectivity index (χ4n) is 2.36. The number of rotatable bonds is 3. The molecule has 2 aromatic rings. The Morgan fingerprint density at radius 3 is 2.63 bits per heavy atom. The van der Waals surface area contributed by atoms with Gasteiger partial charge < -0.3 is 5.11 Å². The number of carboxylic acids is 1. The second-order valence-corrected chi connectivity index (χ2v) is 4.93. The molecule has 19 heavy (non-hydrogen) atoms. The van der Waals surface area contributed by atoms with Crippen molar-refractivity contribution in [3.05, 3.63) is 40.6 Å². The first kappa shape index (κ1) is 13.3. The fourth-order valence-corrected chi connectivity index (χ4v) is 2.36. The largest absolute Gasteiger partial charge is 0.481 e. The van der Waals surface area contributed by atoms with Gasteiger partial charge in [-0.2, -0.15) is 5.10 Å². The lowest BCUT2D eigenvalue weighted by molar-refractivity contribution is -0.136. The molecule has 0 aliphatic heterocycles. The van der Waals surface area contributed by atoms with Crippen LogP contribution < -0.4 is 0 Å². The Balaban J connectivity index is 2.59. The maximum atomic E-state index is 10.8. The number of hydrogen-bond acceptors (Lipinski definition) is 2. The van der Waals surface area contributed by atoms with Crippen molar-refractivity contribution in [1.29, 1.82) is 0 Å². The minimum Gasteiger partial charge on any atom is -0.481 e. The Kier molecular flexibility index (Phi) is 3.42. The van der Waals surface area contributed by atoms with E-state index in [1.165, 1.54) is 11.1 Å². The van der Waals surface area contributed by atoms with Gasteiger partial charge in [0.05, 0.1) is 17.8 Å². The molecule has 0 amide bonds. The molecule has 2 rings (SSSR count). The zero-order chi connectivity index (χ0) is 14.2. The average Bonchev–Trinajstić information content (AvgIpc) is 2.57. The van der Waals surface area contributed by atoms with Crippen molar-refractivity contribution in [3.63, 3.8) is 0 Å². The smallest absolute Gasteiger partial charge is 0.309 e. The van der Waals surface area contributed by atoms with Gasteiger partial charge in [-0.25, -0.2) is 0 Å². The van der Waals surface area contributed by atoms with Crippen LogP contribution in [-0.4, -0.2) is 20.9 Å². The van der Waals surface area contributed by atoms with Gasteiger partial charge in [0.25, 0.3) is 0 Å². The van der Waals surface area contributed by atoms with Crippen LogP contribution in [0.3, 0.4) is 0 Å². The summed E-state index contributed by atoms with van der Waals surface area (Å²) in [6, 6.07) is 6.26. The van der Waals surface area contributed by atoms with E-state index in [9.17, 15) is 4.79 Å². The second-order valence-electron chi connectivity index (χ2n) is 4.93. The number of carboxylic acid groups (broad SMARTS) is 1. The summed E-state index contributed by atoms with van der Waals surface area (Å²) < 4.78 is 1.77. The molecule has 1 aromatic carbocycles. The molecule has 1 heterocycles. The van der Waals surface area contributed by atoms with Crippen LogP contribution in [0.15, 0.2) is 18.2 Å². The molecule has 0 saturated carbocycles. The van der Waals surface area contributed by atoms with E-state index < -0.39 is 5.97 Å². The number of aryl methyl sites for hydroxylation is 3. The van der Waals surface area contributed by atoms with Crippen molar-refractivity contribution in [3.8, 4) is 11.3 Å². The standard InChI is InChI=1S/C15H18N2O2/c1-9-5-6-10(2)12(7-9)15-11(3)13(8-14(18)19)16-17(15)4/h5-7H,8H2,1-4H3,(H,18,19). The summed E-state index contributed by atoms with van der Waals surface area (Å²) in [5, 5.41) is 13.2. The fraction of sp³-hybridized carbons (Fsp3) is 0.333. The van der Waals surface area contributed by atoms with Crippen molar-refractivity contribution >= 4 is 5.97 Å². The van der Waals surface area contributed by atoms with E-state index in [1.54, 1.807) is 4.68 Å². The summed E-state index contributed by atoms with van der Waals surface area (Å²) in [7, 11) is 1.86. The quantitative estimate of drug-likeness (QED) is 0.920. The van der Waals surface area contributed by atoms with E-state index in [0.717, 1.165) is 16.8 Å². The first-order chi connectivity index (χ1) is 8.90. The van der Waals surface area contributed by atoms with Gasteiger partial charge in [0.1, 0.15) is 0 Å². The predicted octanol–water partition coefficient (Wildman–Crippen LogP) is 2.64. The number of hydrogen-bond donors (Lipinski definition) is 1. The van der Waals surface area contributed by atoms with Gasteiger partial charge >= 0.3 is 5.97 Å². The maximum Gasteiger partial charge on any atom is 0.309 e. The highest BCUT2D eigenvalue weighted by Crippen LogP contribution is 2.29. The molecule has 0 unspecified atom stereocenters. The van der Waals surface area contributed by atoms with Crippen molar-refractivity contribution in [2.24, 2.45) is 7.05 Å². The zero-order valence-electron chi connectivity index (χ0n) is 11.7. The van der Waals surface area contributed by atoms with Crippen LogP contribution in [0, 0.1) is 20.8 Å². The predicted molar refractivity (Wildman–Crippen MR) is 74.2 cm³/mol. The first-order valence-corrected chi connectivity index (χ1v) is 6.22. The highest BCUT2D eigenvalue weighted by Gasteiger charge is 2.17. The van der Waals surface area contributed by atoms with E-state index in [0.29, 0.717) is 5.69 Å². The monoisotopic (exact) mass is 258 g/mol. The summed E-state index contributed by atoms with van der Waals surface area (Å²) >= 11 is 0. The van der Waals surface area contributed by atoms with Crippen LogP contribution in [0.1, 0.15) is 22.4 Å². The van der Waals surface area contributed by atoms with Crippen LogP contribution in [-0.2, 0) is 18.3 Å². The molecule has 1 aromatic heterocycles. The Morgan fingerprint density at radius 2 is 2.00 bits per heavy atom. The molecule has 0 spiro atoms. The molecule has 0 aliphatic rings. The van der Waals surface area contributed by atoms with Crippen LogP contribution in [0.5, 0.6) is 0 Å². The van der Waals surface area contributed by atoms with E-state index in [2.05, 4.69) is 30.2 Å². The summed E-state index contributed by atoms with van der Waals surface area (Å²) in [6.07, 6.45) is -0.0372. The summed E-state index contributed by atoms with van der Waals surface area (Å²) in [6.45, 7) is 6.03. The second kappa shape index (κ2) is 4.88. The Hall–Kier alpha value is -2.10. The van der Waals surface area contributed by atoms with Crippen molar-refractivity contribution < 1.29 is 9.90 Å². The topological polar surface area (TPSA) is 55.1 Å². The van der Waals surface area contributed by atoms with Crippen molar-refractivity contribution in [2.45, 2.75) is 27.2 Å². The number of carbonyl (C=O) groups is 1. The molecule has 0 saturated heterocycles. The number of aliphatic carboxylic acids is 1. The van der Waals surface area contributed by atoms with E-state index in [1.807, 2.05) is 20.9 Å². The minimum atomic E-state index is -0.853.